The van der Waals surface area contributed by atoms with Gasteiger partial charge in [0.25, 0.3) is 0 Å². The summed E-state index contributed by atoms with van der Waals surface area (Å²) in [6, 6.07) is 0.323. The summed E-state index contributed by atoms with van der Waals surface area (Å²) < 4.78 is 7.10. The SMILES string of the molecule is Nc1cn(C2CCCOC2)nn1. The Morgan fingerprint density at radius 3 is 3.17 bits per heavy atom. The Balaban J connectivity index is 2.08. The highest BCUT2D eigenvalue weighted by Gasteiger charge is 2.16. The number of anilines is 1. The van der Waals surface area contributed by atoms with Crippen molar-refractivity contribution < 1.29 is 4.74 Å². The van der Waals surface area contributed by atoms with Crippen LogP contribution in [0, 0.1) is 0 Å². The Labute approximate surface area is 70.5 Å². The van der Waals surface area contributed by atoms with Crippen LogP contribution in [0.4, 0.5) is 5.82 Å². The predicted molar refractivity (Wildman–Crippen MR) is 43.5 cm³/mol. The van der Waals surface area contributed by atoms with E-state index in [1.165, 1.54) is 0 Å². The highest BCUT2D eigenvalue weighted by molar-refractivity contribution is 5.20. The molecule has 12 heavy (non-hydrogen) atoms. The molecule has 1 aromatic rings. The molecule has 1 aromatic heterocycles. The van der Waals surface area contributed by atoms with E-state index in [-0.39, 0.29) is 0 Å². The molecule has 0 spiro atoms. The van der Waals surface area contributed by atoms with Crippen molar-refractivity contribution >= 4 is 5.82 Å². The second-order valence-corrected chi connectivity index (χ2v) is 2.99. The summed E-state index contributed by atoms with van der Waals surface area (Å²) in [4.78, 5) is 0. The monoisotopic (exact) mass is 168 g/mol. The third-order valence-corrected chi connectivity index (χ3v) is 2.04. The van der Waals surface area contributed by atoms with Gasteiger partial charge in [-0.15, -0.1) is 5.10 Å². The minimum absolute atomic E-state index is 0.323. The van der Waals surface area contributed by atoms with Crippen molar-refractivity contribution in [3.63, 3.8) is 0 Å². The topological polar surface area (TPSA) is 66.0 Å². The molecule has 2 N–H and O–H groups in total. The van der Waals surface area contributed by atoms with Crippen LogP contribution in [-0.4, -0.2) is 28.2 Å². The molecule has 0 aromatic carbocycles. The van der Waals surface area contributed by atoms with Crippen molar-refractivity contribution in [2.24, 2.45) is 0 Å². The van der Waals surface area contributed by atoms with Crippen molar-refractivity contribution in [3.05, 3.63) is 6.20 Å². The van der Waals surface area contributed by atoms with Crippen molar-refractivity contribution in [2.45, 2.75) is 18.9 Å². The predicted octanol–water partition coefficient (Wildman–Crippen LogP) is 0.212. The van der Waals surface area contributed by atoms with E-state index in [2.05, 4.69) is 10.3 Å². The molecular formula is C7H12N4O. The molecule has 5 nitrogen and oxygen atoms in total. The molecule has 1 fully saturated rings. The van der Waals surface area contributed by atoms with Crippen LogP contribution < -0.4 is 5.73 Å². The van der Waals surface area contributed by atoms with Gasteiger partial charge in [-0.3, -0.25) is 0 Å². The highest BCUT2D eigenvalue weighted by atomic mass is 16.5. The van der Waals surface area contributed by atoms with Gasteiger partial charge in [0.1, 0.15) is 0 Å². The lowest BCUT2D eigenvalue weighted by atomic mass is 10.1. The van der Waals surface area contributed by atoms with Crippen LogP contribution in [0.2, 0.25) is 0 Å². The van der Waals surface area contributed by atoms with Crippen molar-refractivity contribution in [1.82, 2.24) is 15.0 Å². The molecule has 66 valence electrons. The number of nitrogen functional groups attached to an aromatic ring is 1. The Kier molecular flexibility index (Phi) is 1.95. The van der Waals surface area contributed by atoms with Crippen molar-refractivity contribution in [1.29, 1.82) is 0 Å². The van der Waals surface area contributed by atoms with Crippen LogP contribution in [0.25, 0.3) is 0 Å². The van der Waals surface area contributed by atoms with Gasteiger partial charge in [0.2, 0.25) is 0 Å². The molecule has 0 aliphatic carbocycles. The van der Waals surface area contributed by atoms with E-state index < -0.39 is 0 Å². The smallest absolute Gasteiger partial charge is 0.165 e. The van der Waals surface area contributed by atoms with E-state index >= 15 is 0 Å². The summed E-state index contributed by atoms with van der Waals surface area (Å²) in [6.07, 6.45) is 3.94. The highest BCUT2D eigenvalue weighted by Crippen LogP contribution is 2.18. The van der Waals surface area contributed by atoms with Crippen molar-refractivity contribution in [2.75, 3.05) is 18.9 Å². The number of hydrogen-bond acceptors (Lipinski definition) is 4. The van der Waals surface area contributed by atoms with E-state index in [0.717, 1.165) is 26.1 Å². The van der Waals surface area contributed by atoms with Gasteiger partial charge in [0.05, 0.1) is 18.8 Å². The number of nitrogens with two attached hydrogens (primary N) is 1. The van der Waals surface area contributed by atoms with Crippen LogP contribution in [0.15, 0.2) is 6.20 Å². The van der Waals surface area contributed by atoms with Crippen LogP contribution in [0.3, 0.4) is 0 Å². The van der Waals surface area contributed by atoms with Crippen molar-refractivity contribution in [3.8, 4) is 0 Å². The standard InChI is InChI=1S/C7H12N4O/c8-7-4-11(10-9-7)6-2-1-3-12-5-6/h4,6H,1-3,5,8H2. The summed E-state index contributed by atoms with van der Waals surface area (Å²) in [5.74, 6) is 0.473. The maximum absolute atomic E-state index is 5.45. The van der Waals surface area contributed by atoms with E-state index in [1.54, 1.807) is 10.9 Å². The minimum Gasteiger partial charge on any atom is -0.381 e. The first-order valence-corrected chi connectivity index (χ1v) is 4.11. The fourth-order valence-electron chi connectivity index (χ4n) is 1.40. The first kappa shape index (κ1) is 7.54. The summed E-state index contributed by atoms with van der Waals surface area (Å²) >= 11 is 0. The lowest BCUT2D eigenvalue weighted by Crippen LogP contribution is -2.21. The molecule has 1 atom stereocenters. The van der Waals surface area contributed by atoms with E-state index in [1.807, 2.05) is 0 Å². The zero-order valence-corrected chi connectivity index (χ0v) is 6.81. The molecule has 1 unspecified atom stereocenters. The van der Waals surface area contributed by atoms with Crippen LogP contribution >= 0.6 is 0 Å². The van der Waals surface area contributed by atoms with Gasteiger partial charge < -0.3 is 10.5 Å². The van der Waals surface area contributed by atoms with Gasteiger partial charge in [-0.1, -0.05) is 5.21 Å². The average molecular weight is 168 g/mol. The van der Waals surface area contributed by atoms with Gasteiger partial charge >= 0.3 is 0 Å². The second-order valence-electron chi connectivity index (χ2n) is 2.99. The van der Waals surface area contributed by atoms with Gasteiger partial charge in [-0.2, -0.15) is 0 Å². The fourth-order valence-corrected chi connectivity index (χ4v) is 1.40. The summed E-state index contributed by atoms with van der Waals surface area (Å²) in [5.41, 5.74) is 5.45. The third-order valence-electron chi connectivity index (χ3n) is 2.04. The summed E-state index contributed by atoms with van der Waals surface area (Å²) in [5, 5.41) is 7.63. The third kappa shape index (κ3) is 1.40. The first-order chi connectivity index (χ1) is 5.86. The maximum atomic E-state index is 5.45. The minimum atomic E-state index is 0.323. The molecule has 2 heterocycles. The number of hydrogen-bond donors (Lipinski definition) is 1. The van der Waals surface area contributed by atoms with Crippen LogP contribution in [0.5, 0.6) is 0 Å². The summed E-state index contributed by atoms with van der Waals surface area (Å²) in [7, 11) is 0. The molecular weight excluding hydrogens is 156 g/mol. The molecule has 1 aliphatic heterocycles. The second kappa shape index (κ2) is 3.10. The molecule has 2 rings (SSSR count). The average Bonchev–Trinajstić information content (AvgIpc) is 2.54. The van der Waals surface area contributed by atoms with Gasteiger partial charge in [-0.25, -0.2) is 4.68 Å². The number of aromatic nitrogens is 3. The largest absolute Gasteiger partial charge is 0.381 e. The first-order valence-electron chi connectivity index (χ1n) is 4.11. The molecule has 1 saturated heterocycles. The van der Waals surface area contributed by atoms with Crippen LogP contribution in [0.1, 0.15) is 18.9 Å². The van der Waals surface area contributed by atoms with E-state index in [0.29, 0.717) is 11.9 Å². The van der Waals surface area contributed by atoms with Crippen LogP contribution in [-0.2, 0) is 4.74 Å². The summed E-state index contributed by atoms with van der Waals surface area (Å²) in [6.45, 7) is 1.59. The number of rotatable bonds is 1. The molecule has 0 amide bonds. The number of ether oxygens (including phenoxy) is 1. The normalized spacial score (nSPS) is 24.2. The van der Waals surface area contributed by atoms with E-state index in [4.69, 9.17) is 10.5 Å². The molecule has 0 saturated carbocycles. The molecule has 5 heteroatoms. The Hall–Kier alpha value is -1.10. The quantitative estimate of drug-likeness (QED) is 0.651. The maximum Gasteiger partial charge on any atom is 0.165 e. The molecule has 0 bridgehead atoms. The van der Waals surface area contributed by atoms with Gasteiger partial charge in [-0.05, 0) is 12.8 Å². The Morgan fingerprint density at radius 1 is 1.67 bits per heavy atom. The Morgan fingerprint density at radius 2 is 2.58 bits per heavy atom. The fraction of sp³-hybridized carbons (Fsp3) is 0.714. The number of nitrogens with zero attached hydrogens (tertiary/aromatic N) is 3. The zero-order valence-electron chi connectivity index (χ0n) is 6.81. The Bertz CT molecular complexity index is 254. The zero-order chi connectivity index (χ0) is 8.39. The lowest BCUT2D eigenvalue weighted by Gasteiger charge is -2.21. The van der Waals surface area contributed by atoms with Gasteiger partial charge in [0.15, 0.2) is 5.82 Å². The lowest BCUT2D eigenvalue weighted by molar-refractivity contribution is 0.0543. The molecule has 1 aliphatic rings. The van der Waals surface area contributed by atoms with E-state index in [9.17, 15) is 0 Å². The van der Waals surface area contributed by atoms with Gasteiger partial charge in [0, 0.05) is 6.61 Å². The molecule has 0 radical (unpaired) electrons.